The lowest BCUT2D eigenvalue weighted by Gasteiger charge is -2.16. The van der Waals surface area contributed by atoms with Crippen molar-refractivity contribution in [2.75, 3.05) is 13.4 Å². The van der Waals surface area contributed by atoms with Gasteiger partial charge in [0.05, 0.1) is 17.7 Å². The molecule has 0 bridgehead atoms. The molecule has 1 aromatic heterocycles. The van der Waals surface area contributed by atoms with Gasteiger partial charge in [-0.2, -0.15) is 0 Å². The number of benzene rings is 2. The molecule has 1 aliphatic heterocycles. The Hall–Kier alpha value is -3.65. The van der Waals surface area contributed by atoms with Gasteiger partial charge in [-0.05, 0) is 29.8 Å². The molecule has 0 saturated carbocycles. The van der Waals surface area contributed by atoms with Crippen molar-refractivity contribution in [1.82, 2.24) is 15.6 Å². The minimum Gasteiger partial charge on any atom is -0.454 e. The lowest BCUT2D eigenvalue weighted by atomic mass is 10.1. The fraction of sp³-hybridized carbons (Fsp3) is 0.190. The maximum atomic E-state index is 12.5. The maximum absolute atomic E-state index is 12.5. The van der Waals surface area contributed by atoms with E-state index in [0.717, 1.165) is 16.5 Å². The van der Waals surface area contributed by atoms with E-state index >= 15 is 0 Å². The molecule has 0 spiro atoms. The van der Waals surface area contributed by atoms with Crippen LogP contribution in [0.2, 0.25) is 0 Å². The van der Waals surface area contributed by atoms with Crippen molar-refractivity contribution in [3.05, 3.63) is 65.9 Å². The van der Waals surface area contributed by atoms with Gasteiger partial charge >= 0.3 is 0 Å². The topological polar surface area (TPSA) is 110 Å². The van der Waals surface area contributed by atoms with Crippen LogP contribution in [0, 0.1) is 0 Å². The van der Waals surface area contributed by atoms with E-state index in [4.69, 9.17) is 9.47 Å². The summed E-state index contributed by atoms with van der Waals surface area (Å²) in [5, 5.41) is 15.6. The lowest BCUT2D eigenvalue weighted by molar-refractivity contribution is -0.124. The van der Waals surface area contributed by atoms with Crippen molar-refractivity contribution in [2.24, 2.45) is 0 Å². The van der Waals surface area contributed by atoms with E-state index in [-0.39, 0.29) is 13.3 Å². The summed E-state index contributed by atoms with van der Waals surface area (Å²) in [5.74, 6) is 0.296. The van der Waals surface area contributed by atoms with Crippen molar-refractivity contribution in [2.45, 2.75) is 12.6 Å². The molecule has 0 radical (unpaired) electrons. The Balaban J connectivity index is 1.38. The number of hydrogen-bond donors (Lipinski definition) is 3. The second kappa shape index (κ2) is 8.15. The van der Waals surface area contributed by atoms with Gasteiger partial charge in [0.25, 0.3) is 5.91 Å². The molecule has 1 atom stereocenters. The fourth-order valence-electron chi connectivity index (χ4n) is 2.99. The second-order valence-electron chi connectivity index (χ2n) is 6.53. The Kier molecular flexibility index (Phi) is 5.26. The number of carbonyl (C=O) groups is 2. The Labute approximate surface area is 166 Å². The molecule has 3 aromatic rings. The lowest BCUT2D eigenvalue weighted by Crippen LogP contribution is -2.48. The number of hydrogen-bond acceptors (Lipinski definition) is 6. The SMILES string of the molecule is O=C(N[C@@H](CO)C(=O)NCc1ccc2c(c1)OCO2)c1cnc2ccccc2c1. The summed E-state index contributed by atoms with van der Waals surface area (Å²) in [4.78, 5) is 29.1. The Morgan fingerprint density at radius 2 is 1.93 bits per heavy atom. The summed E-state index contributed by atoms with van der Waals surface area (Å²) in [6, 6.07) is 13.4. The first-order chi connectivity index (χ1) is 14.1. The van der Waals surface area contributed by atoms with Gasteiger partial charge in [0, 0.05) is 18.1 Å². The molecule has 2 aromatic carbocycles. The third-order valence-corrected chi connectivity index (χ3v) is 4.56. The number of aromatic nitrogens is 1. The third-order valence-electron chi connectivity index (χ3n) is 4.56. The predicted molar refractivity (Wildman–Crippen MR) is 104 cm³/mol. The standard InChI is InChI=1S/C21H19N3O5/c25-11-17(21(27)23-9-13-5-6-18-19(7-13)29-12-28-18)24-20(26)15-8-14-3-1-2-4-16(14)22-10-15/h1-8,10,17,25H,9,11-12H2,(H,23,27)(H,24,26)/t17-/m0/s1. The van der Waals surface area contributed by atoms with Gasteiger partial charge in [-0.15, -0.1) is 0 Å². The number of carbonyl (C=O) groups excluding carboxylic acids is 2. The van der Waals surface area contributed by atoms with Gasteiger partial charge in [0.15, 0.2) is 11.5 Å². The highest BCUT2D eigenvalue weighted by Gasteiger charge is 2.21. The summed E-state index contributed by atoms with van der Waals surface area (Å²) in [6.45, 7) is -0.132. The molecule has 2 amide bonds. The van der Waals surface area contributed by atoms with E-state index in [0.29, 0.717) is 17.1 Å². The number of fused-ring (bicyclic) bond motifs is 2. The highest BCUT2D eigenvalue weighted by Crippen LogP contribution is 2.32. The molecule has 1 aliphatic rings. The number of pyridine rings is 1. The van der Waals surface area contributed by atoms with Crippen LogP contribution < -0.4 is 20.1 Å². The average Bonchev–Trinajstić information content (AvgIpc) is 3.23. The van der Waals surface area contributed by atoms with Gasteiger partial charge in [-0.25, -0.2) is 0 Å². The fourth-order valence-corrected chi connectivity index (χ4v) is 2.99. The van der Waals surface area contributed by atoms with Crippen molar-refractivity contribution in [3.8, 4) is 11.5 Å². The third kappa shape index (κ3) is 4.12. The number of nitrogens with one attached hydrogen (secondary N) is 2. The van der Waals surface area contributed by atoms with Gasteiger partial charge in [0.2, 0.25) is 12.7 Å². The summed E-state index contributed by atoms with van der Waals surface area (Å²) in [6.07, 6.45) is 1.44. The first kappa shape index (κ1) is 18.7. The van der Waals surface area contributed by atoms with Crippen LogP contribution in [0.15, 0.2) is 54.7 Å². The molecule has 4 rings (SSSR count). The van der Waals surface area contributed by atoms with Crippen LogP contribution in [0.5, 0.6) is 11.5 Å². The number of aliphatic hydroxyl groups is 1. The summed E-state index contributed by atoms with van der Waals surface area (Å²) < 4.78 is 10.6. The molecule has 0 aliphatic carbocycles. The molecule has 2 heterocycles. The number of rotatable bonds is 6. The number of amides is 2. The van der Waals surface area contributed by atoms with Gasteiger partial charge in [-0.1, -0.05) is 24.3 Å². The molecule has 8 heteroatoms. The van der Waals surface area contributed by atoms with Gasteiger partial charge in [0.1, 0.15) is 6.04 Å². The molecular formula is C21H19N3O5. The van der Waals surface area contributed by atoms with Crippen LogP contribution in [0.1, 0.15) is 15.9 Å². The maximum Gasteiger partial charge on any atom is 0.253 e. The monoisotopic (exact) mass is 393 g/mol. The van der Waals surface area contributed by atoms with Crippen LogP contribution in [0.25, 0.3) is 10.9 Å². The predicted octanol–water partition coefficient (Wildman–Crippen LogP) is 1.37. The second-order valence-corrected chi connectivity index (χ2v) is 6.53. The number of aliphatic hydroxyl groups excluding tert-OH is 1. The smallest absolute Gasteiger partial charge is 0.253 e. The van der Waals surface area contributed by atoms with Gasteiger partial charge < -0.3 is 25.2 Å². The summed E-state index contributed by atoms with van der Waals surface area (Å²) in [5.41, 5.74) is 1.89. The van der Waals surface area contributed by atoms with Crippen LogP contribution in [-0.2, 0) is 11.3 Å². The van der Waals surface area contributed by atoms with Crippen LogP contribution in [0.3, 0.4) is 0 Å². The zero-order chi connectivity index (χ0) is 20.2. The number of nitrogens with zero attached hydrogens (tertiary/aromatic N) is 1. The molecule has 0 saturated heterocycles. The van der Waals surface area contributed by atoms with Crippen LogP contribution in [0.4, 0.5) is 0 Å². The average molecular weight is 393 g/mol. The van der Waals surface area contributed by atoms with E-state index in [9.17, 15) is 14.7 Å². The van der Waals surface area contributed by atoms with E-state index in [2.05, 4.69) is 15.6 Å². The molecule has 8 nitrogen and oxygen atoms in total. The number of ether oxygens (including phenoxy) is 2. The molecule has 3 N–H and O–H groups in total. The van der Waals surface area contributed by atoms with Gasteiger partial charge in [-0.3, -0.25) is 14.6 Å². The summed E-state index contributed by atoms with van der Waals surface area (Å²) >= 11 is 0. The largest absolute Gasteiger partial charge is 0.454 e. The quantitative estimate of drug-likeness (QED) is 0.584. The molecular weight excluding hydrogens is 374 g/mol. The zero-order valence-electron chi connectivity index (χ0n) is 15.4. The van der Waals surface area contributed by atoms with E-state index < -0.39 is 24.5 Å². The van der Waals surface area contributed by atoms with E-state index in [1.54, 1.807) is 24.3 Å². The molecule has 29 heavy (non-hydrogen) atoms. The Bertz CT molecular complexity index is 1070. The first-order valence-corrected chi connectivity index (χ1v) is 9.07. The van der Waals surface area contributed by atoms with Crippen LogP contribution >= 0.6 is 0 Å². The molecule has 148 valence electrons. The number of para-hydroxylation sites is 1. The molecule has 0 unspecified atom stereocenters. The highest BCUT2D eigenvalue weighted by atomic mass is 16.7. The minimum absolute atomic E-state index is 0.174. The van der Waals surface area contributed by atoms with Crippen molar-refractivity contribution >= 4 is 22.7 Å². The normalized spacial score (nSPS) is 13.1. The van der Waals surface area contributed by atoms with Crippen molar-refractivity contribution in [3.63, 3.8) is 0 Å². The van der Waals surface area contributed by atoms with Crippen molar-refractivity contribution in [1.29, 1.82) is 0 Å². The minimum atomic E-state index is -1.08. The van der Waals surface area contributed by atoms with Crippen molar-refractivity contribution < 1.29 is 24.2 Å². The Morgan fingerprint density at radius 1 is 1.10 bits per heavy atom. The first-order valence-electron chi connectivity index (χ1n) is 9.07. The van der Waals surface area contributed by atoms with E-state index in [1.807, 2.05) is 24.3 Å². The summed E-state index contributed by atoms with van der Waals surface area (Å²) in [7, 11) is 0. The Morgan fingerprint density at radius 3 is 2.79 bits per heavy atom. The highest BCUT2D eigenvalue weighted by molar-refractivity contribution is 5.99. The van der Waals surface area contributed by atoms with Crippen LogP contribution in [-0.4, -0.2) is 41.3 Å². The molecule has 0 fully saturated rings. The van der Waals surface area contributed by atoms with E-state index in [1.165, 1.54) is 6.20 Å². The zero-order valence-corrected chi connectivity index (χ0v) is 15.4.